The van der Waals surface area contributed by atoms with Gasteiger partial charge in [-0.25, -0.2) is 0 Å². The zero-order valence-electron chi connectivity index (χ0n) is 16.2. The third-order valence-corrected chi connectivity index (χ3v) is 4.45. The Kier molecular flexibility index (Phi) is 5.54. The first kappa shape index (κ1) is 19.3. The summed E-state index contributed by atoms with van der Waals surface area (Å²) < 4.78 is 5.97. The van der Waals surface area contributed by atoms with Crippen LogP contribution < -0.4 is 15.8 Å². The summed E-state index contributed by atoms with van der Waals surface area (Å²) in [6.45, 7) is 6.20. The number of aromatic hydroxyl groups is 1. The average molecular weight is 376 g/mol. The van der Waals surface area contributed by atoms with E-state index in [0.717, 1.165) is 22.3 Å². The molecule has 28 heavy (non-hydrogen) atoms. The predicted octanol–water partition coefficient (Wildman–Crippen LogP) is 4.62. The highest BCUT2D eigenvalue weighted by Crippen LogP contribution is 2.32. The average Bonchev–Trinajstić information content (AvgIpc) is 2.64. The summed E-state index contributed by atoms with van der Waals surface area (Å²) in [6, 6.07) is 16.2. The van der Waals surface area contributed by atoms with Crippen molar-refractivity contribution in [2.24, 2.45) is 0 Å². The zero-order chi connectivity index (χ0) is 20.3. The van der Waals surface area contributed by atoms with Crippen molar-refractivity contribution in [3.05, 3.63) is 82.4 Å². The van der Waals surface area contributed by atoms with Crippen LogP contribution in [0.4, 0.5) is 5.69 Å². The molecule has 0 aromatic heterocycles. The number of nitrogens with two attached hydrogens (primary N) is 1. The molecular formula is C23H24N2O3. The third-order valence-electron chi connectivity index (χ3n) is 4.45. The molecule has 0 saturated heterocycles. The number of anilines is 1. The summed E-state index contributed by atoms with van der Waals surface area (Å²) in [5, 5.41) is 13.0. The molecule has 0 saturated carbocycles. The van der Waals surface area contributed by atoms with E-state index in [2.05, 4.69) is 5.32 Å². The van der Waals surface area contributed by atoms with Crippen molar-refractivity contribution in [2.45, 2.75) is 27.3 Å². The number of nitrogen functional groups attached to an aromatic ring is 1. The van der Waals surface area contributed by atoms with Gasteiger partial charge in [0.2, 0.25) is 0 Å². The molecule has 144 valence electrons. The second-order valence-corrected chi connectivity index (χ2v) is 6.94. The minimum absolute atomic E-state index is 0.0974. The second-order valence-electron chi connectivity index (χ2n) is 6.94. The number of carbonyl (C=O) groups excluding carboxylic acids is 1. The number of hydrogen-bond acceptors (Lipinski definition) is 4. The molecule has 0 bridgehead atoms. The molecule has 0 fully saturated rings. The van der Waals surface area contributed by atoms with Gasteiger partial charge in [-0.05, 0) is 67.8 Å². The summed E-state index contributed by atoms with van der Waals surface area (Å²) in [6.07, 6.45) is 0. The first-order valence-corrected chi connectivity index (χ1v) is 9.05. The first-order chi connectivity index (χ1) is 13.3. The lowest BCUT2D eigenvalue weighted by molar-refractivity contribution is 0.0948. The molecule has 4 N–H and O–H groups in total. The van der Waals surface area contributed by atoms with Crippen molar-refractivity contribution in [2.75, 3.05) is 5.73 Å². The maximum atomic E-state index is 12.6. The maximum absolute atomic E-state index is 12.6. The maximum Gasteiger partial charge on any atom is 0.255 e. The van der Waals surface area contributed by atoms with Crippen LogP contribution >= 0.6 is 0 Å². The lowest BCUT2D eigenvalue weighted by Crippen LogP contribution is -2.22. The Morgan fingerprint density at radius 2 is 1.75 bits per heavy atom. The van der Waals surface area contributed by atoms with Crippen LogP contribution in [-0.2, 0) is 6.54 Å². The fourth-order valence-electron chi connectivity index (χ4n) is 3.12. The molecule has 3 aromatic rings. The highest BCUT2D eigenvalue weighted by Gasteiger charge is 2.14. The van der Waals surface area contributed by atoms with Crippen molar-refractivity contribution in [1.29, 1.82) is 0 Å². The van der Waals surface area contributed by atoms with Crippen LogP contribution in [0.25, 0.3) is 0 Å². The molecule has 5 heteroatoms. The first-order valence-electron chi connectivity index (χ1n) is 9.05. The Morgan fingerprint density at radius 3 is 2.43 bits per heavy atom. The lowest BCUT2D eigenvalue weighted by Gasteiger charge is -2.14. The van der Waals surface area contributed by atoms with E-state index < -0.39 is 0 Å². The summed E-state index contributed by atoms with van der Waals surface area (Å²) in [5.41, 5.74) is 10.6. The number of rotatable bonds is 5. The minimum atomic E-state index is -0.366. The Bertz CT molecular complexity index is 1010. The van der Waals surface area contributed by atoms with E-state index in [0.29, 0.717) is 23.7 Å². The van der Waals surface area contributed by atoms with Crippen LogP contribution in [0.3, 0.4) is 0 Å². The number of benzene rings is 3. The minimum Gasteiger partial charge on any atom is -0.507 e. The van der Waals surface area contributed by atoms with Gasteiger partial charge in [0, 0.05) is 12.2 Å². The van der Waals surface area contributed by atoms with Crippen LogP contribution in [0.5, 0.6) is 17.2 Å². The highest BCUT2D eigenvalue weighted by molar-refractivity contribution is 5.97. The van der Waals surface area contributed by atoms with Gasteiger partial charge < -0.3 is 20.9 Å². The number of nitrogens with one attached hydrogen (secondary N) is 1. The molecular weight excluding hydrogens is 352 g/mol. The third kappa shape index (κ3) is 4.43. The Morgan fingerprint density at radius 1 is 1.04 bits per heavy atom. The molecule has 0 unspecified atom stereocenters. The molecule has 0 radical (unpaired) electrons. The van der Waals surface area contributed by atoms with E-state index in [1.807, 2.05) is 57.2 Å². The zero-order valence-corrected chi connectivity index (χ0v) is 16.2. The lowest BCUT2D eigenvalue weighted by atomic mass is 10.1. The number of hydrogen-bond donors (Lipinski definition) is 3. The molecule has 0 aliphatic heterocycles. The second kappa shape index (κ2) is 8.05. The van der Waals surface area contributed by atoms with Crippen molar-refractivity contribution < 1.29 is 14.6 Å². The smallest absolute Gasteiger partial charge is 0.255 e. The van der Waals surface area contributed by atoms with E-state index >= 15 is 0 Å². The molecule has 0 aliphatic rings. The van der Waals surface area contributed by atoms with Gasteiger partial charge in [0.15, 0.2) is 0 Å². The van der Waals surface area contributed by atoms with Crippen molar-refractivity contribution in [3.8, 4) is 17.2 Å². The molecule has 3 aromatic carbocycles. The molecule has 0 heterocycles. The summed E-state index contributed by atoms with van der Waals surface area (Å²) in [5.74, 6) is 0.690. The largest absolute Gasteiger partial charge is 0.507 e. The van der Waals surface area contributed by atoms with Gasteiger partial charge in [-0.1, -0.05) is 29.8 Å². The molecule has 0 aliphatic carbocycles. The molecule has 0 spiro atoms. The van der Waals surface area contributed by atoms with Gasteiger partial charge >= 0.3 is 0 Å². The SMILES string of the molecule is Cc1cccc(CNC(=O)c2cc(Oc3c(C)cc(N)cc3C)ccc2O)c1. The summed E-state index contributed by atoms with van der Waals surface area (Å²) in [4.78, 5) is 12.6. The number of phenolic OH excluding ortho intramolecular Hbond substituents is 1. The Hall–Kier alpha value is -3.47. The van der Waals surface area contributed by atoms with Crippen molar-refractivity contribution in [1.82, 2.24) is 5.32 Å². The number of phenols is 1. The molecule has 5 nitrogen and oxygen atoms in total. The number of carbonyl (C=O) groups is 1. The molecule has 0 atom stereocenters. The molecule has 1 amide bonds. The topological polar surface area (TPSA) is 84.6 Å². The standard InChI is InChI=1S/C23H24N2O3/c1-14-5-4-6-17(9-14)13-25-23(27)20-12-19(7-8-21(20)26)28-22-15(2)10-18(24)11-16(22)3/h4-12,26H,13,24H2,1-3H3,(H,25,27). The van der Waals surface area contributed by atoms with Gasteiger partial charge in [-0.2, -0.15) is 0 Å². The predicted molar refractivity (Wildman–Crippen MR) is 111 cm³/mol. The highest BCUT2D eigenvalue weighted by atomic mass is 16.5. The van der Waals surface area contributed by atoms with Crippen LogP contribution in [-0.4, -0.2) is 11.0 Å². The monoisotopic (exact) mass is 376 g/mol. The normalized spacial score (nSPS) is 10.5. The van der Waals surface area contributed by atoms with E-state index in [4.69, 9.17) is 10.5 Å². The number of aryl methyl sites for hydroxylation is 3. The van der Waals surface area contributed by atoms with Crippen LogP contribution in [0.2, 0.25) is 0 Å². The summed E-state index contributed by atoms with van der Waals surface area (Å²) in [7, 11) is 0. The number of ether oxygens (including phenoxy) is 1. The van der Waals surface area contributed by atoms with Gasteiger partial charge in [0.1, 0.15) is 17.2 Å². The Labute approximate surface area is 164 Å². The van der Waals surface area contributed by atoms with Crippen molar-refractivity contribution >= 4 is 11.6 Å². The quantitative estimate of drug-likeness (QED) is 0.567. The van der Waals surface area contributed by atoms with Gasteiger partial charge in [-0.3, -0.25) is 4.79 Å². The van der Waals surface area contributed by atoms with Gasteiger partial charge in [0.25, 0.3) is 5.91 Å². The van der Waals surface area contributed by atoms with Crippen LogP contribution in [0, 0.1) is 20.8 Å². The summed E-state index contributed by atoms with van der Waals surface area (Å²) >= 11 is 0. The van der Waals surface area contributed by atoms with E-state index in [1.54, 1.807) is 6.07 Å². The number of amides is 1. The van der Waals surface area contributed by atoms with Gasteiger partial charge in [0.05, 0.1) is 5.56 Å². The molecule has 3 rings (SSSR count). The van der Waals surface area contributed by atoms with E-state index in [1.165, 1.54) is 12.1 Å². The fraction of sp³-hybridized carbons (Fsp3) is 0.174. The van der Waals surface area contributed by atoms with Gasteiger partial charge in [-0.15, -0.1) is 0 Å². The Balaban J connectivity index is 1.78. The van der Waals surface area contributed by atoms with E-state index in [-0.39, 0.29) is 17.2 Å². The van der Waals surface area contributed by atoms with Crippen LogP contribution in [0.1, 0.15) is 32.6 Å². The fourth-order valence-corrected chi connectivity index (χ4v) is 3.12. The van der Waals surface area contributed by atoms with Crippen molar-refractivity contribution in [3.63, 3.8) is 0 Å². The van der Waals surface area contributed by atoms with Crippen LogP contribution in [0.15, 0.2) is 54.6 Å². The van der Waals surface area contributed by atoms with E-state index in [9.17, 15) is 9.90 Å².